The number of thiocarbonyl (C=S) groups is 1. The Balaban J connectivity index is 1.87. The molecule has 6 nitrogen and oxygen atoms in total. The summed E-state index contributed by atoms with van der Waals surface area (Å²) < 4.78 is 12.3. The molecule has 1 fully saturated rings. The molecule has 0 atom stereocenters. The van der Waals surface area contributed by atoms with E-state index in [1.54, 1.807) is 25.3 Å². The van der Waals surface area contributed by atoms with Gasteiger partial charge in [0, 0.05) is 12.1 Å². The summed E-state index contributed by atoms with van der Waals surface area (Å²) in [6, 6.07) is 13.2. The first-order valence-electron chi connectivity index (χ1n) is 8.81. The molecule has 0 unspecified atom stereocenters. The molecule has 1 amide bonds. The molecule has 0 spiro atoms. The molecular weight excluding hydrogens is 501 g/mol. The Bertz CT molecular complexity index is 1050. The number of carbonyl (C=O) groups excluding carboxylic acids is 1. The van der Waals surface area contributed by atoms with Gasteiger partial charge in [0.2, 0.25) is 0 Å². The summed E-state index contributed by atoms with van der Waals surface area (Å²) in [5, 5.41) is 12.6. The van der Waals surface area contributed by atoms with E-state index < -0.39 is 0 Å². The van der Waals surface area contributed by atoms with Gasteiger partial charge in [-0.15, -0.1) is 0 Å². The van der Waals surface area contributed by atoms with Gasteiger partial charge in [-0.2, -0.15) is 5.26 Å². The molecule has 1 aliphatic heterocycles. The van der Waals surface area contributed by atoms with Crippen molar-refractivity contribution >= 4 is 51.9 Å². The van der Waals surface area contributed by atoms with Crippen LogP contribution in [0.25, 0.3) is 6.08 Å². The molecule has 0 aliphatic carbocycles. The smallest absolute Gasteiger partial charge is 0.276 e. The van der Waals surface area contributed by atoms with Crippen molar-refractivity contribution < 1.29 is 14.3 Å². The van der Waals surface area contributed by atoms with Gasteiger partial charge in [-0.05, 0) is 71.6 Å². The summed E-state index contributed by atoms with van der Waals surface area (Å²) in [7, 11) is 1.56. The lowest BCUT2D eigenvalue weighted by atomic mass is 10.1. The lowest BCUT2D eigenvalue weighted by Gasteiger charge is -2.14. The zero-order valence-electron chi connectivity index (χ0n) is 15.9. The van der Waals surface area contributed by atoms with Crippen LogP contribution in [-0.2, 0) is 11.4 Å². The molecule has 0 radical (unpaired) electrons. The molecule has 3 rings (SSSR count). The van der Waals surface area contributed by atoms with Crippen molar-refractivity contribution in [3.8, 4) is 17.6 Å². The number of halogens is 1. The number of nitrogens with zero attached hydrogens (tertiary/aromatic N) is 2. The quantitative estimate of drug-likeness (QED) is 0.356. The van der Waals surface area contributed by atoms with Crippen LogP contribution >= 0.6 is 34.8 Å². The lowest BCUT2D eigenvalue weighted by molar-refractivity contribution is -0.122. The monoisotopic (exact) mass is 519 g/mol. The number of methoxy groups -OCH3 is 1. The van der Waals surface area contributed by atoms with Gasteiger partial charge < -0.3 is 14.8 Å². The van der Waals surface area contributed by atoms with E-state index in [0.29, 0.717) is 34.4 Å². The molecule has 8 heteroatoms. The van der Waals surface area contributed by atoms with Crippen molar-refractivity contribution in [3.63, 3.8) is 0 Å². The van der Waals surface area contributed by atoms with Gasteiger partial charge in [-0.1, -0.05) is 18.2 Å². The number of benzene rings is 2. The van der Waals surface area contributed by atoms with E-state index in [-0.39, 0.29) is 12.5 Å². The molecule has 2 aromatic rings. The molecule has 29 heavy (non-hydrogen) atoms. The summed E-state index contributed by atoms with van der Waals surface area (Å²) in [6.45, 7) is 2.63. The van der Waals surface area contributed by atoms with Crippen LogP contribution in [0.15, 0.2) is 42.1 Å². The van der Waals surface area contributed by atoms with E-state index in [4.69, 9.17) is 21.7 Å². The van der Waals surface area contributed by atoms with Crippen LogP contribution in [0.5, 0.6) is 11.5 Å². The number of hydrogen-bond donors (Lipinski definition) is 1. The van der Waals surface area contributed by atoms with Crippen LogP contribution < -0.4 is 14.8 Å². The van der Waals surface area contributed by atoms with Gasteiger partial charge in [0.15, 0.2) is 16.6 Å². The first-order chi connectivity index (χ1) is 14.0. The summed E-state index contributed by atoms with van der Waals surface area (Å²) in [4.78, 5) is 13.9. The highest BCUT2D eigenvalue weighted by molar-refractivity contribution is 14.1. The molecule has 0 bridgehead atoms. The maximum atomic E-state index is 12.4. The van der Waals surface area contributed by atoms with Crippen LogP contribution in [0.1, 0.15) is 23.6 Å². The molecule has 1 heterocycles. The number of nitrogens with one attached hydrogen (secondary N) is 1. The number of carbonyl (C=O) groups is 1. The summed E-state index contributed by atoms with van der Waals surface area (Å²) >= 11 is 7.35. The van der Waals surface area contributed by atoms with Gasteiger partial charge in [0.1, 0.15) is 12.3 Å². The molecule has 148 valence electrons. The Morgan fingerprint density at radius 1 is 1.34 bits per heavy atom. The first kappa shape index (κ1) is 21.1. The maximum absolute atomic E-state index is 12.4. The number of nitriles is 1. The number of likely N-dealkylation sites (N-methyl/N-ethyl adjacent to an activating group) is 1. The average molecular weight is 519 g/mol. The predicted octanol–water partition coefficient (Wildman–Crippen LogP) is 3.83. The normalized spacial score (nSPS) is 14.7. The fraction of sp³-hybridized carbons (Fsp3) is 0.190. The maximum Gasteiger partial charge on any atom is 0.276 e. The van der Waals surface area contributed by atoms with Crippen molar-refractivity contribution in [3.05, 3.63) is 62.4 Å². The summed E-state index contributed by atoms with van der Waals surface area (Å²) in [5.41, 5.74) is 2.58. The van der Waals surface area contributed by atoms with E-state index in [1.165, 1.54) is 4.90 Å². The minimum absolute atomic E-state index is 0.153. The molecule has 1 saturated heterocycles. The van der Waals surface area contributed by atoms with Crippen LogP contribution in [0.2, 0.25) is 0 Å². The Morgan fingerprint density at radius 2 is 2.10 bits per heavy atom. The van der Waals surface area contributed by atoms with Gasteiger partial charge in [0.25, 0.3) is 5.91 Å². The van der Waals surface area contributed by atoms with Gasteiger partial charge in [0.05, 0.1) is 22.3 Å². The van der Waals surface area contributed by atoms with Gasteiger partial charge >= 0.3 is 0 Å². The highest BCUT2D eigenvalue weighted by Crippen LogP contribution is 2.35. The van der Waals surface area contributed by atoms with Crippen molar-refractivity contribution in [2.24, 2.45) is 0 Å². The Labute approximate surface area is 188 Å². The van der Waals surface area contributed by atoms with E-state index in [2.05, 4.69) is 34.0 Å². The first-order valence-corrected chi connectivity index (χ1v) is 10.3. The van der Waals surface area contributed by atoms with Crippen molar-refractivity contribution in [1.29, 1.82) is 5.26 Å². The number of rotatable bonds is 6. The van der Waals surface area contributed by atoms with Gasteiger partial charge in [-0.3, -0.25) is 9.69 Å². The topological polar surface area (TPSA) is 74.6 Å². The Kier molecular flexibility index (Phi) is 6.71. The molecule has 0 aromatic heterocycles. The zero-order chi connectivity index (χ0) is 21.0. The third-order valence-electron chi connectivity index (χ3n) is 4.35. The molecule has 0 saturated carbocycles. The SMILES string of the molecule is CCN1C(=O)/C(=C\c2cc(I)c(OCc3ccccc3C#N)c(OC)c2)NC1=S. The third-order valence-corrected chi connectivity index (χ3v) is 5.47. The standard InChI is InChI=1S/C21H18IN3O3S/c1-3-25-20(26)17(24-21(25)29)9-13-8-16(22)19(18(10-13)27-2)28-12-15-7-5-4-6-14(15)11-23/h4-10H,3,12H2,1-2H3,(H,24,29)/b17-9+. The average Bonchev–Trinajstić information content (AvgIpc) is 2.99. The highest BCUT2D eigenvalue weighted by atomic mass is 127. The fourth-order valence-corrected chi connectivity index (χ4v) is 4.00. The third kappa shape index (κ3) is 4.52. The Morgan fingerprint density at radius 3 is 2.76 bits per heavy atom. The van der Waals surface area contributed by atoms with Gasteiger partial charge in [-0.25, -0.2) is 0 Å². The van der Waals surface area contributed by atoms with Crippen molar-refractivity contribution in [2.75, 3.05) is 13.7 Å². The number of hydrogen-bond acceptors (Lipinski definition) is 5. The Hall–Kier alpha value is -2.64. The van der Waals surface area contributed by atoms with E-state index >= 15 is 0 Å². The molecule has 2 aromatic carbocycles. The number of amides is 1. The predicted molar refractivity (Wildman–Crippen MR) is 122 cm³/mol. The van der Waals surface area contributed by atoms with E-state index in [9.17, 15) is 10.1 Å². The van der Waals surface area contributed by atoms with Crippen molar-refractivity contribution in [1.82, 2.24) is 10.2 Å². The second-order valence-corrected chi connectivity index (χ2v) is 7.68. The molecular formula is C21H18IN3O3S. The minimum atomic E-state index is -0.153. The second-order valence-electron chi connectivity index (χ2n) is 6.13. The number of ether oxygens (including phenoxy) is 2. The van der Waals surface area contributed by atoms with E-state index in [1.807, 2.05) is 31.2 Å². The van der Waals surface area contributed by atoms with Crippen LogP contribution in [0, 0.1) is 14.9 Å². The molecule has 1 aliphatic rings. The lowest BCUT2D eigenvalue weighted by Crippen LogP contribution is -2.30. The zero-order valence-corrected chi connectivity index (χ0v) is 18.8. The van der Waals surface area contributed by atoms with Crippen LogP contribution in [0.4, 0.5) is 0 Å². The summed E-state index contributed by atoms with van der Waals surface area (Å²) in [6.07, 6.45) is 1.74. The second kappa shape index (κ2) is 9.24. The fourth-order valence-electron chi connectivity index (χ4n) is 2.89. The summed E-state index contributed by atoms with van der Waals surface area (Å²) in [5.74, 6) is 0.970. The van der Waals surface area contributed by atoms with E-state index in [0.717, 1.165) is 14.7 Å². The van der Waals surface area contributed by atoms with Crippen molar-refractivity contribution in [2.45, 2.75) is 13.5 Å². The minimum Gasteiger partial charge on any atom is -0.493 e. The van der Waals surface area contributed by atoms with Crippen LogP contribution in [0.3, 0.4) is 0 Å². The van der Waals surface area contributed by atoms with Crippen LogP contribution in [-0.4, -0.2) is 29.6 Å². The highest BCUT2D eigenvalue weighted by Gasteiger charge is 2.29. The molecule has 1 N–H and O–H groups in total. The largest absolute Gasteiger partial charge is 0.493 e.